The minimum Gasteiger partial charge on any atom is -0.410 e. The van der Waals surface area contributed by atoms with Crippen LogP contribution in [0, 0.1) is 34.7 Å². The van der Waals surface area contributed by atoms with Gasteiger partial charge in [-0.25, -0.2) is 22.9 Å². The first-order valence-corrected chi connectivity index (χ1v) is 13.9. The van der Waals surface area contributed by atoms with Gasteiger partial charge >= 0.3 is 6.09 Å². The number of ether oxygens (including phenoxy) is 1. The SMILES string of the molecule is CCN(C(=O)Oc1ccc(F)cc1)[C@@H]1CN(C(=O)C2CCN(c3ccc(C#N)nc3)CC2)CC1c1ccc(F)c(F)c1. The van der Waals surface area contributed by atoms with Crippen LogP contribution in [-0.2, 0) is 4.79 Å². The zero-order valence-electron chi connectivity index (χ0n) is 23.1. The maximum atomic E-state index is 14.3. The number of amides is 2. The summed E-state index contributed by atoms with van der Waals surface area (Å²) in [4.78, 5) is 36.4. The van der Waals surface area contributed by atoms with Gasteiger partial charge in [0.1, 0.15) is 23.3 Å². The zero-order valence-corrected chi connectivity index (χ0v) is 23.1. The van der Waals surface area contributed by atoms with Gasteiger partial charge in [-0.3, -0.25) is 4.79 Å². The number of pyridine rings is 1. The first-order valence-electron chi connectivity index (χ1n) is 13.9. The Morgan fingerprint density at radius 1 is 1.02 bits per heavy atom. The number of benzene rings is 2. The van der Waals surface area contributed by atoms with Crippen molar-refractivity contribution in [2.24, 2.45) is 5.92 Å². The third-order valence-electron chi connectivity index (χ3n) is 8.04. The molecule has 2 fully saturated rings. The van der Waals surface area contributed by atoms with Gasteiger partial charge in [0.15, 0.2) is 11.6 Å². The van der Waals surface area contributed by atoms with Crippen LogP contribution in [0.3, 0.4) is 0 Å². The lowest BCUT2D eigenvalue weighted by Gasteiger charge is -2.34. The van der Waals surface area contributed by atoms with E-state index >= 15 is 0 Å². The summed E-state index contributed by atoms with van der Waals surface area (Å²) in [7, 11) is 0. The zero-order chi connectivity index (χ0) is 29.8. The highest BCUT2D eigenvalue weighted by molar-refractivity contribution is 5.80. The summed E-state index contributed by atoms with van der Waals surface area (Å²) in [5.74, 6) is -3.05. The second-order valence-corrected chi connectivity index (χ2v) is 10.5. The molecular formula is C31H30F3N5O3. The van der Waals surface area contributed by atoms with Crippen molar-refractivity contribution in [2.45, 2.75) is 31.7 Å². The van der Waals surface area contributed by atoms with Crippen molar-refractivity contribution in [1.29, 1.82) is 5.26 Å². The molecule has 2 aliphatic rings. The molecule has 0 N–H and O–H groups in total. The van der Waals surface area contributed by atoms with Crippen molar-refractivity contribution in [3.8, 4) is 11.8 Å². The summed E-state index contributed by atoms with van der Waals surface area (Å²) in [5, 5.41) is 8.99. The quantitative estimate of drug-likeness (QED) is 0.405. The van der Waals surface area contributed by atoms with E-state index in [-0.39, 0.29) is 37.2 Å². The fraction of sp³-hybridized carbons (Fsp3) is 0.355. The maximum Gasteiger partial charge on any atom is 0.415 e. The molecule has 1 aromatic heterocycles. The van der Waals surface area contributed by atoms with E-state index in [1.807, 2.05) is 12.1 Å². The lowest BCUT2D eigenvalue weighted by Crippen LogP contribution is -2.47. The average Bonchev–Trinajstić information content (AvgIpc) is 3.45. The predicted molar refractivity (Wildman–Crippen MR) is 148 cm³/mol. The van der Waals surface area contributed by atoms with Gasteiger partial charge < -0.3 is 19.4 Å². The number of likely N-dealkylation sites (tertiary alicyclic amines) is 1. The molecule has 0 spiro atoms. The molecule has 0 bridgehead atoms. The molecule has 1 unspecified atom stereocenters. The molecule has 8 nitrogen and oxygen atoms in total. The van der Waals surface area contributed by atoms with Gasteiger partial charge in [0, 0.05) is 44.6 Å². The van der Waals surface area contributed by atoms with Crippen LogP contribution < -0.4 is 9.64 Å². The van der Waals surface area contributed by atoms with Crippen LogP contribution in [0.4, 0.5) is 23.7 Å². The van der Waals surface area contributed by atoms with E-state index in [4.69, 9.17) is 10.00 Å². The Morgan fingerprint density at radius 3 is 2.38 bits per heavy atom. The highest BCUT2D eigenvalue weighted by Crippen LogP contribution is 2.35. The van der Waals surface area contributed by atoms with Crippen molar-refractivity contribution in [1.82, 2.24) is 14.8 Å². The van der Waals surface area contributed by atoms with Crippen molar-refractivity contribution >= 4 is 17.7 Å². The number of nitriles is 1. The number of halogens is 3. The van der Waals surface area contributed by atoms with E-state index in [0.29, 0.717) is 37.2 Å². The van der Waals surface area contributed by atoms with Crippen molar-refractivity contribution in [2.75, 3.05) is 37.6 Å². The largest absolute Gasteiger partial charge is 0.415 e. The molecule has 0 aliphatic carbocycles. The number of hydrogen-bond acceptors (Lipinski definition) is 6. The van der Waals surface area contributed by atoms with Crippen LogP contribution >= 0.6 is 0 Å². The van der Waals surface area contributed by atoms with Crippen LogP contribution in [0.2, 0.25) is 0 Å². The second kappa shape index (κ2) is 12.5. The number of carbonyl (C=O) groups excluding carboxylic acids is 2. The second-order valence-electron chi connectivity index (χ2n) is 10.5. The van der Waals surface area contributed by atoms with E-state index in [2.05, 4.69) is 9.88 Å². The molecule has 11 heteroatoms. The monoisotopic (exact) mass is 577 g/mol. The summed E-state index contributed by atoms with van der Waals surface area (Å²) in [6.45, 7) is 3.72. The van der Waals surface area contributed by atoms with E-state index < -0.39 is 35.5 Å². The van der Waals surface area contributed by atoms with Crippen molar-refractivity contribution < 1.29 is 27.5 Å². The van der Waals surface area contributed by atoms with Gasteiger partial charge in [-0.15, -0.1) is 0 Å². The number of likely N-dealkylation sites (N-methyl/N-ethyl adjacent to an activating group) is 1. The number of rotatable bonds is 6. The summed E-state index contributed by atoms with van der Waals surface area (Å²) < 4.78 is 46.9. The number of aromatic nitrogens is 1. The first kappa shape index (κ1) is 28.9. The minimum atomic E-state index is -1.00. The molecule has 2 atom stereocenters. The van der Waals surface area contributed by atoms with Gasteiger partial charge in [0.2, 0.25) is 5.91 Å². The summed E-state index contributed by atoms with van der Waals surface area (Å²) in [5.41, 5.74) is 1.70. The van der Waals surface area contributed by atoms with Crippen LogP contribution in [0.5, 0.6) is 5.75 Å². The van der Waals surface area contributed by atoms with Crippen molar-refractivity contribution in [3.63, 3.8) is 0 Å². The van der Waals surface area contributed by atoms with Gasteiger partial charge in [-0.1, -0.05) is 6.07 Å². The Kier molecular flexibility index (Phi) is 8.61. The van der Waals surface area contributed by atoms with Gasteiger partial charge in [0.05, 0.1) is 17.9 Å². The lowest BCUT2D eigenvalue weighted by atomic mass is 9.93. The Morgan fingerprint density at radius 2 is 1.76 bits per heavy atom. The van der Waals surface area contributed by atoms with Crippen molar-refractivity contribution in [3.05, 3.63) is 89.5 Å². The molecule has 2 aliphatic heterocycles. The Bertz CT molecular complexity index is 1470. The number of piperidine rings is 1. The van der Waals surface area contributed by atoms with Crippen LogP contribution in [-0.4, -0.2) is 65.5 Å². The Hall–Kier alpha value is -4.59. The summed E-state index contributed by atoms with van der Waals surface area (Å²) in [6, 6.07) is 13.7. The normalized spacial score (nSPS) is 18.9. The number of hydrogen-bond donors (Lipinski definition) is 0. The van der Waals surface area contributed by atoms with Crippen LogP contribution in [0.1, 0.15) is 36.9 Å². The van der Waals surface area contributed by atoms with E-state index in [1.54, 1.807) is 24.1 Å². The molecule has 5 rings (SSSR count). The lowest BCUT2D eigenvalue weighted by molar-refractivity contribution is -0.135. The highest BCUT2D eigenvalue weighted by atomic mass is 19.2. The van der Waals surface area contributed by atoms with Gasteiger partial charge in [0.25, 0.3) is 0 Å². The molecule has 218 valence electrons. The average molecular weight is 578 g/mol. The fourth-order valence-electron chi connectivity index (χ4n) is 5.80. The standard InChI is InChI=1S/C31H30F3N5O3/c1-2-39(31(41)42-25-8-4-22(32)5-9-25)29-19-38(18-26(29)21-3-10-27(33)28(34)15-21)30(40)20-11-13-37(14-12-20)24-7-6-23(16-35)36-17-24/h3-10,15,17,20,26,29H,2,11-14,18-19H2,1H3/t26?,29-/m1/s1. The number of anilines is 1. The Labute approximate surface area is 241 Å². The summed E-state index contributed by atoms with van der Waals surface area (Å²) >= 11 is 0. The molecule has 0 radical (unpaired) electrons. The first-order chi connectivity index (χ1) is 20.3. The van der Waals surface area contributed by atoms with Crippen LogP contribution in [0.15, 0.2) is 60.8 Å². The van der Waals surface area contributed by atoms with E-state index in [9.17, 15) is 22.8 Å². The Balaban J connectivity index is 1.32. The fourth-order valence-corrected chi connectivity index (χ4v) is 5.80. The third kappa shape index (κ3) is 6.17. The van der Waals surface area contributed by atoms with Gasteiger partial charge in [-0.05, 0) is 73.9 Å². The number of carbonyl (C=O) groups is 2. The molecular weight excluding hydrogens is 547 g/mol. The highest BCUT2D eigenvalue weighted by Gasteiger charge is 2.43. The maximum absolute atomic E-state index is 14.3. The molecule has 2 aromatic carbocycles. The van der Waals surface area contributed by atoms with E-state index in [1.165, 1.54) is 35.2 Å². The molecule has 0 saturated carbocycles. The van der Waals surface area contributed by atoms with Gasteiger partial charge in [-0.2, -0.15) is 5.26 Å². The molecule has 3 aromatic rings. The smallest absolute Gasteiger partial charge is 0.410 e. The number of nitrogens with zero attached hydrogens (tertiary/aromatic N) is 5. The molecule has 2 saturated heterocycles. The third-order valence-corrected chi connectivity index (χ3v) is 8.04. The topological polar surface area (TPSA) is 89.8 Å². The van der Waals surface area contributed by atoms with E-state index in [0.717, 1.165) is 17.8 Å². The predicted octanol–water partition coefficient (Wildman–Crippen LogP) is 5.10. The molecule has 42 heavy (non-hydrogen) atoms. The van der Waals surface area contributed by atoms with Crippen LogP contribution in [0.25, 0.3) is 0 Å². The minimum absolute atomic E-state index is 0.0503. The summed E-state index contributed by atoms with van der Waals surface area (Å²) in [6.07, 6.45) is 2.20. The molecule has 3 heterocycles. The molecule has 2 amide bonds.